The Kier molecular flexibility index (Phi) is 7.60. The van der Waals surface area contributed by atoms with Gasteiger partial charge in [-0.25, -0.2) is 4.68 Å². The van der Waals surface area contributed by atoms with Gasteiger partial charge in [-0.05, 0) is 42.0 Å². The highest BCUT2D eigenvalue weighted by Gasteiger charge is 2.37. The normalized spacial score (nSPS) is 12.1. The molecule has 0 unspecified atom stereocenters. The topological polar surface area (TPSA) is 107 Å². The number of ketones is 1. The fourth-order valence-corrected chi connectivity index (χ4v) is 4.51. The van der Waals surface area contributed by atoms with Crippen molar-refractivity contribution in [2.45, 2.75) is 25.5 Å². The van der Waals surface area contributed by atoms with Crippen LogP contribution in [0.2, 0.25) is 5.02 Å². The van der Waals surface area contributed by atoms with Gasteiger partial charge in [-0.1, -0.05) is 40.2 Å². The van der Waals surface area contributed by atoms with Crippen LogP contribution in [-0.4, -0.2) is 36.0 Å². The molecule has 15 heteroatoms. The van der Waals surface area contributed by atoms with E-state index < -0.39 is 48.0 Å². The van der Waals surface area contributed by atoms with Crippen molar-refractivity contribution in [2.24, 2.45) is 0 Å². The zero-order valence-corrected chi connectivity index (χ0v) is 21.7. The molecular formula is C27H16ClF6N5O3. The average molecular weight is 608 g/mol. The van der Waals surface area contributed by atoms with E-state index in [0.29, 0.717) is 17.7 Å². The Morgan fingerprint density at radius 3 is 2.26 bits per heavy atom. The third-order valence-electron chi connectivity index (χ3n) is 6.13. The van der Waals surface area contributed by atoms with E-state index in [2.05, 4.69) is 20.5 Å². The monoisotopic (exact) mass is 607 g/mol. The van der Waals surface area contributed by atoms with Crippen molar-refractivity contribution in [3.05, 3.63) is 106 Å². The van der Waals surface area contributed by atoms with Gasteiger partial charge in [0.15, 0.2) is 5.69 Å². The molecule has 2 aromatic carbocycles. The summed E-state index contributed by atoms with van der Waals surface area (Å²) < 4.78 is 87.0. The van der Waals surface area contributed by atoms with Gasteiger partial charge in [-0.15, -0.1) is 5.10 Å². The molecule has 0 amide bonds. The number of carbonyl (C=O) groups is 1. The Bertz CT molecular complexity index is 1730. The maximum atomic E-state index is 13.8. The van der Waals surface area contributed by atoms with Crippen molar-refractivity contribution in [3.63, 3.8) is 0 Å². The van der Waals surface area contributed by atoms with Crippen LogP contribution < -0.4 is 0 Å². The Labute approximate surface area is 237 Å². The van der Waals surface area contributed by atoms with Crippen LogP contribution >= 0.6 is 11.6 Å². The number of benzene rings is 2. The third-order valence-corrected chi connectivity index (χ3v) is 6.46. The van der Waals surface area contributed by atoms with Crippen molar-refractivity contribution >= 4 is 17.4 Å². The summed E-state index contributed by atoms with van der Waals surface area (Å²) >= 11 is 6.32. The summed E-state index contributed by atoms with van der Waals surface area (Å²) in [6.45, 7) is -1.23. The highest BCUT2D eigenvalue weighted by atomic mass is 35.5. The van der Waals surface area contributed by atoms with Crippen LogP contribution in [0, 0.1) is 0 Å². The number of halogens is 7. The minimum atomic E-state index is -5.06. The fraction of sp³-hybridized carbons (Fsp3) is 0.148. The predicted molar refractivity (Wildman–Crippen MR) is 135 cm³/mol. The number of pyridine rings is 1. The van der Waals surface area contributed by atoms with E-state index in [1.165, 1.54) is 24.5 Å². The predicted octanol–water partition coefficient (Wildman–Crippen LogP) is 6.46. The smallest absolute Gasteiger partial charge is 0.390 e. The zero-order chi connectivity index (χ0) is 30.2. The second-order valence-electron chi connectivity index (χ2n) is 8.90. The van der Waals surface area contributed by atoms with Crippen LogP contribution in [0.1, 0.15) is 38.6 Å². The first kappa shape index (κ1) is 29.0. The van der Waals surface area contributed by atoms with E-state index in [9.17, 15) is 36.2 Å². The standard InChI is InChI=1S/C27H16ClF6N5O3/c28-19-6-2-1-5-18(19)21-20(13-40)37-42-25(21)24(41)22-23(15-4-3-7-35-11-15)39(38-36-22)12-14-8-16(26(29,30)31)10-17(9-14)27(32,33)34/h1-11,40H,12-13H2. The summed E-state index contributed by atoms with van der Waals surface area (Å²) in [5.74, 6) is -1.26. The fourth-order valence-electron chi connectivity index (χ4n) is 4.28. The summed E-state index contributed by atoms with van der Waals surface area (Å²) in [6, 6.07) is 10.5. The maximum absolute atomic E-state index is 13.8. The van der Waals surface area contributed by atoms with Crippen LogP contribution in [0.15, 0.2) is 71.5 Å². The molecule has 216 valence electrons. The lowest BCUT2D eigenvalue weighted by Crippen LogP contribution is -2.13. The SMILES string of the molecule is O=C(c1nnn(Cc2cc(C(F)(F)F)cc(C(F)(F)F)c2)c1-c1cccnc1)c1onc(CO)c1-c1ccccc1Cl. The van der Waals surface area contributed by atoms with Gasteiger partial charge in [-0.3, -0.25) is 9.78 Å². The largest absolute Gasteiger partial charge is 0.416 e. The first-order valence-corrected chi connectivity index (χ1v) is 12.3. The number of hydrogen-bond acceptors (Lipinski definition) is 7. The van der Waals surface area contributed by atoms with Gasteiger partial charge in [0, 0.05) is 28.5 Å². The molecule has 0 saturated carbocycles. The van der Waals surface area contributed by atoms with Gasteiger partial charge in [0.25, 0.3) is 5.78 Å². The molecule has 8 nitrogen and oxygen atoms in total. The average Bonchev–Trinajstić information content (AvgIpc) is 3.57. The van der Waals surface area contributed by atoms with Gasteiger partial charge < -0.3 is 9.63 Å². The number of rotatable bonds is 7. The number of aliphatic hydroxyl groups is 1. The van der Waals surface area contributed by atoms with Crippen molar-refractivity contribution in [2.75, 3.05) is 0 Å². The summed E-state index contributed by atoms with van der Waals surface area (Å²) in [6.07, 6.45) is -7.39. The summed E-state index contributed by atoms with van der Waals surface area (Å²) in [5.41, 5.74) is -3.22. The van der Waals surface area contributed by atoms with Crippen molar-refractivity contribution in [3.8, 4) is 22.4 Å². The lowest BCUT2D eigenvalue weighted by molar-refractivity contribution is -0.143. The van der Waals surface area contributed by atoms with E-state index in [4.69, 9.17) is 16.1 Å². The number of hydrogen-bond donors (Lipinski definition) is 1. The lowest BCUT2D eigenvalue weighted by Gasteiger charge is -2.15. The molecule has 0 aliphatic rings. The molecule has 0 aliphatic heterocycles. The molecule has 5 aromatic rings. The minimum absolute atomic E-state index is 0.00887. The van der Waals surface area contributed by atoms with Gasteiger partial charge in [0.05, 0.1) is 29.8 Å². The first-order chi connectivity index (χ1) is 19.9. The van der Waals surface area contributed by atoms with E-state index in [0.717, 1.165) is 4.68 Å². The van der Waals surface area contributed by atoms with Gasteiger partial charge in [-0.2, -0.15) is 26.3 Å². The molecule has 42 heavy (non-hydrogen) atoms. The molecule has 0 aliphatic carbocycles. The molecule has 0 spiro atoms. The molecule has 1 N–H and O–H groups in total. The molecule has 3 aromatic heterocycles. The van der Waals surface area contributed by atoms with Gasteiger partial charge >= 0.3 is 12.4 Å². The quantitative estimate of drug-likeness (QED) is 0.167. The molecule has 3 heterocycles. The van der Waals surface area contributed by atoms with E-state index >= 15 is 0 Å². The van der Waals surface area contributed by atoms with Crippen LogP contribution in [0.3, 0.4) is 0 Å². The molecule has 0 saturated heterocycles. The van der Waals surface area contributed by atoms with Crippen molar-refractivity contribution in [1.29, 1.82) is 0 Å². The van der Waals surface area contributed by atoms with Crippen molar-refractivity contribution < 1.29 is 40.8 Å². The molecular weight excluding hydrogens is 592 g/mol. The number of nitrogens with zero attached hydrogens (tertiary/aromatic N) is 5. The summed E-state index contributed by atoms with van der Waals surface area (Å²) in [5, 5.41) is 21.6. The second kappa shape index (κ2) is 11.0. The van der Waals surface area contributed by atoms with E-state index in [1.807, 2.05) is 0 Å². The Morgan fingerprint density at radius 1 is 0.976 bits per heavy atom. The second-order valence-corrected chi connectivity index (χ2v) is 9.31. The zero-order valence-electron chi connectivity index (χ0n) is 20.9. The third kappa shape index (κ3) is 5.63. The Balaban J connectivity index is 1.65. The number of aliphatic hydroxyl groups excluding tert-OH is 1. The van der Waals surface area contributed by atoms with Crippen molar-refractivity contribution in [1.82, 2.24) is 25.1 Å². The Hall–Kier alpha value is -4.56. The minimum Gasteiger partial charge on any atom is -0.390 e. The van der Waals surface area contributed by atoms with Gasteiger partial charge in [0.2, 0.25) is 5.76 Å². The van der Waals surface area contributed by atoms with Crippen LogP contribution in [0.25, 0.3) is 22.4 Å². The summed E-state index contributed by atoms with van der Waals surface area (Å²) in [7, 11) is 0. The first-order valence-electron chi connectivity index (χ1n) is 11.9. The summed E-state index contributed by atoms with van der Waals surface area (Å²) in [4.78, 5) is 17.8. The maximum Gasteiger partial charge on any atom is 0.416 e. The molecule has 0 atom stereocenters. The lowest BCUT2D eigenvalue weighted by atomic mass is 9.99. The molecule has 0 radical (unpaired) electrons. The number of carbonyl (C=O) groups excluding carboxylic acids is 1. The number of alkyl halides is 6. The van der Waals surface area contributed by atoms with Crippen LogP contribution in [0.5, 0.6) is 0 Å². The Morgan fingerprint density at radius 2 is 1.67 bits per heavy atom. The van der Waals surface area contributed by atoms with E-state index in [1.54, 1.807) is 24.3 Å². The molecule has 0 fully saturated rings. The molecule has 5 rings (SSSR count). The van der Waals surface area contributed by atoms with Crippen LogP contribution in [-0.2, 0) is 25.5 Å². The van der Waals surface area contributed by atoms with Gasteiger partial charge in [0.1, 0.15) is 11.4 Å². The molecule has 0 bridgehead atoms. The highest BCUT2D eigenvalue weighted by Crippen LogP contribution is 2.38. The highest BCUT2D eigenvalue weighted by molar-refractivity contribution is 6.33. The van der Waals surface area contributed by atoms with E-state index in [-0.39, 0.29) is 45.1 Å². The number of aromatic nitrogens is 5. The van der Waals surface area contributed by atoms with Crippen LogP contribution in [0.4, 0.5) is 26.3 Å².